The van der Waals surface area contributed by atoms with Gasteiger partial charge in [0.05, 0.1) is 12.6 Å². The Morgan fingerprint density at radius 3 is 2.87 bits per heavy atom. The minimum Gasteiger partial charge on any atom is -0.344 e. The first kappa shape index (κ1) is 12.1. The van der Waals surface area contributed by atoms with Crippen LogP contribution >= 0.6 is 0 Å². The zero-order valence-corrected chi connectivity index (χ0v) is 9.08. The fourth-order valence-electron chi connectivity index (χ4n) is 1.65. The van der Waals surface area contributed by atoms with Crippen LogP contribution in [-0.2, 0) is 9.59 Å². The predicted octanol–water partition coefficient (Wildman–Crippen LogP) is -0.839. The molecule has 86 valence electrons. The van der Waals surface area contributed by atoms with Crippen molar-refractivity contribution < 1.29 is 9.59 Å². The molecule has 1 aliphatic heterocycles. The number of carbonyl (C=O) groups is 2. The van der Waals surface area contributed by atoms with E-state index in [9.17, 15) is 9.59 Å². The van der Waals surface area contributed by atoms with Crippen molar-refractivity contribution in [3.63, 3.8) is 0 Å². The highest BCUT2D eigenvalue weighted by Crippen LogP contribution is 2.05. The lowest BCUT2D eigenvalue weighted by atomic mass is 10.0. The Morgan fingerprint density at radius 2 is 2.33 bits per heavy atom. The fraction of sp³-hybridized carbons (Fsp3) is 0.800. The van der Waals surface area contributed by atoms with Crippen LogP contribution in [0.1, 0.15) is 26.2 Å². The highest BCUT2D eigenvalue weighted by molar-refractivity contribution is 5.93. The van der Waals surface area contributed by atoms with Crippen LogP contribution in [-0.4, -0.2) is 36.9 Å². The molecule has 0 spiro atoms. The normalized spacial score (nSPS) is 26.1. The van der Waals surface area contributed by atoms with Gasteiger partial charge in [-0.25, -0.2) is 0 Å². The van der Waals surface area contributed by atoms with Gasteiger partial charge in [0.2, 0.25) is 5.91 Å². The van der Waals surface area contributed by atoms with E-state index in [1.54, 1.807) is 0 Å². The van der Waals surface area contributed by atoms with Crippen molar-refractivity contribution in [2.75, 3.05) is 13.1 Å². The molecule has 0 saturated carbocycles. The maximum atomic E-state index is 11.6. The Balaban J connectivity index is 2.41. The first-order valence-electron chi connectivity index (χ1n) is 5.45. The average molecular weight is 213 g/mol. The van der Waals surface area contributed by atoms with E-state index in [4.69, 9.17) is 5.73 Å². The highest BCUT2D eigenvalue weighted by Gasteiger charge is 2.29. The maximum Gasteiger partial charge on any atom is 0.237 e. The van der Waals surface area contributed by atoms with Crippen LogP contribution in [0.15, 0.2) is 0 Å². The lowest BCUT2D eigenvalue weighted by Crippen LogP contribution is -2.61. The van der Waals surface area contributed by atoms with Crippen LogP contribution in [0.4, 0.5) is 0 Å². The fourth-order valence-corrected chi connectivity index (χ4v) is 1.65. The van der Waals surface area contributed by atoms with Crippen molar-refractivity contribution in [1.29, 1.82) is 0 Å². The first-order valence-corrected chi connectivity index (χ1v) is 5.45. The predicted molar refractivity (Wildman–Crippen MR) is 57.3 cm³/mol. The number of Topliss-reactive ketones (excluding diaryl/α,β-unsaturated/α-hetero) is 1. The summed E-state index contributed by atoms with van der Waals surface area (Å²) in [6.07, 6.45) is 2.91. The van der Waals surface area contributed by atoms with Crippen molar-refractivity contribution in [2.24, 2.45) is 5.73 Å². The smallest absolute Gasteiger partial charge is 0.237 e. The molecule has 1 saturated heterocycles. The third-order valence-electron chi connectivity index (χ3n) is 2.64. The quantitative estimate of drug-likeness (QED) is 0.556. The zero-order valence-electron chi connectivity index (χ0n) is 9.08. The molecule has 4 N–H and O–H groups in total. The molecule has 0 aromatic heterocycles. The van der Waals surface area contributed by atoms with E-state index in [-0.39, 0.29) is 24.3 Å². The van der Waals surface area contributed by atoms with Crippen molar-refractivity contribution in [3.8, 4) is 0 Å². The van der Waals surface area contributed by atoms with E-state index in [1.807, 2.05) is 0 Å². The van der Waals surface area contributed by atoms with E-state index < -0.39 is 6.04 Å². The second-order valence-electron chi connectivity index (χ2n) is 3.83. The molecular formula is C10H19N3O2. The van der Waals surface area contributed by atoms with E-state index in [1.165, 1.54) is 0 Å². The summed E-state index contributed by atoms with van der Waals surface area (Å²) in [4.78, 5) is 22.8. The van der Waals surface area contributed by atoms with Gasteiger partial charge in [-0.15, -0.1) is 0 Å². The van der Waals surface area contributed by atoms with Gasteiger partial charge in [0, 0.05) is 6.54 Å². The molecule has 5 heteroatoms. The largest absolute Gasteiger partial charge is 0.344 e. The minimum absolute atomic E-state index is 0.0216. The number of nitrogens with one attached hydrogen (secondary N) is 2. The lowest BCUT2D eigenvalue weighted by Gasteiger charge is -2.29. The summed E-state index contributed by atoms with van der Waals surface area (Å²) >= 11 is 0. The first-order chi connectivity index (χ1) is 7.19. The van der Waals surface area contributed by atoms with Gasteiger partial charge in [-0.3, -0.25) is 9.59 Å². The number of carbonyl (C=O) groups excluding carboxylic acids is 2. The molecule has 0 radical (unpaired) electrons. The molecule has 15 heavy (non-hydrogen) atoms. The maximum absolute atomic E-state index is 11.6. The number of piperazine rings is 1. The van der Waals surface area contributed by atoms with Crippen LogP contribution in [0.3, 0.4) is 0 Å². The molecule has 0 aliphatic carbocycles. The summed E-state index contributed by atoms with van der Waals surface area (Å²) in [5.74, 6) is -0.203. The minimum atomic E-state index is -0.444. The third kappa shape index (κ3) is 3.28. The summed E-state index contributed by atoms with van der Waals surface area (Å²) in [7, 11) is 0. The number of rotatable bonds is 5. The highest BCUT2D eigenvalue weighted by atomic mass is 16.2. The monoisotopic (exact) mass is 213 g/mol. The molecule has 0 unspecified atom stereocenters. The van der Waals surface area contributed by atoms with E-state index in [2.05, 4.69) is 17.6 Å². The van der Waals surface area contributed by atoms with Crippen molar-refractivity contribution in [2.45, 2.75) is 38.3 Å². The van der Waals surface area contributed by atoms with Crippen LogP contribution in [0, 0.1) is 0 Å². The van der Waals surface area contributed by atoms with E-state index in [0.717, 1.165) is 19.3 Å². The topological polar surface area (TPSA) is 84.2 Å². The Hall–Kier alpha value is -0.940. The Morgan fingerprint density at radius 1 is 1.60 bits per heavy atom. The number of hydrogen-bond donors (Lipinski definition) is 3. The molecule has 0 aromatic rings. The lowest BCUT2D eigenvalue weighted by molar-refractivity contribution is -0.130. The molecule has 5 nitrogen and oxygen atoms in total. The van der Waals surface area contributed by atoms with Crippen molar-refractivity contribution in [1.82, 2.24) is 10.6 Å². The second kappa shape index (κ2) is 5.82. The van der Waals surface area contributed by atoms with Gasteiger partial charge < -0.3 is 16.4 Å². The summed E-state index contributed by atoms with van der Waals surface area (Å²) in [5, 5.41) is 5.78. The molecule has 0 bridgehead atoms. The molecule has 1 aliphatic rings. The van der Waals surface area contributed by atoms with Gasteiger partial charge in [-0.05, 0) is 6.42 Å². The standard InChI is InChI=1S/C10H19N3O2/c1-2-3-4-7-10(15)13-8(6-12-7)9(14)5-11/h7-8,12H,2-6,11H2,1H3,(H,13,15)/t7-,8+/m0/s1. The summed E-state index contributed by atoms with van der Waals surface area (Å²) in [6, 6.07) is -0.591. The van der Waals surface area contributed by atoms with Gasteiger partial charge in [-0.1, -0.05) is 19.8 Å². The zero-order chi connectivity index (χ0) is 11.3. The van der Waals surface area contributed by atoms with Gasteiger partial charge in [0.1, 0.15) is 6.04 Å². The molecule has 2 atom stereocenters. The Labute approximate surface area is 89.8 Å². The molecule has 0 aromatic carbocycles. The number of amides is 1. The van der Waals surface area contributed by atoms with E-state index >= 15 is 0 Å². The summed E-state index contributed by atoms with van der Waals surface area (Å²) < 4.78 is 0. The van der Waals surface area contributed by atoms with Gasteiger partial charge in [0.25, 0.3) is 0 Å². The van der Waals surface area contributed by atoms with Crippen LogP contribution < -0.4 is 16.4 Å². The number of nitrogens with two attached hydrogens (primary N) is 1. The van der Waals surface area contributed by atoms with Gasteiger partial charge in [-0.2, -0.15) is 0 Å². The van der Waals surface area contributed by atoms with Gasteiger partial charge in [0.15, 0.2) is 5.78 Å². The SMILES string of the molecule is CCCC[C@@H]1NC[C@H](C(=O)CN)NC1=O. The average Bonchev–Trinajstić information content (AvgIpc) is 2.26. The molecule has 1 amide bonds. The van der Waals surface area contributed by atoms with Crippen LogP contribution in [0.25, 0.3) is 0 Å². The van der Waals surface area contributed by atoms with Crippen molar-refractivity contribution >= 4 is 11.7 Å². The molecule has 1 fully saturated rings. The molecule has 1 heterocycles. The van der Waals surface area contributed by atoms with Crippen LogP contribution in [0.5, 0.6) is 0 Å². The number of hydrogen-bond acceptors (Lipinski definition) is 4. The number of unbranched alkanes of at least 4 members (excludes halogenated alkanes) is 1. The van der Waals surface area contributed by atoms with Crippen molar-refractivity contribution in [3.05, 3.63) is 0 Å². The Bertz CT molecular complexity index is 243. The molecule has 1 rings (SSSR count). The van der Waals surface area contributed by atoms with Gasteiger partial charge >= 0.3 is 0 Å². The Kier molecular flexibility index (Phi) is 4.71. The summed E-state index contributed by atoms with van der Waals surface area (Å²) in [6.45, 7) is 2.56. The number of ketones is 1. The molecular weight excluding hydrogens is 194 g/mol. The second-order valence-corrected chi connectivity index (χ2v) is 3.83. The summed E-state index contributed by atoms with van der Waals surface area (Å²) in [5.41, 5.74) is 5.23. The van der Waals surface area contributed by atoms with Crippen LogP contribution in [0.2, 0.25) is 0 Å². The third-order valence-corrected chi connectivity index (χ3v) is 2.64. The van der Waals surface area contributed by atoms with E-state index in [0.29, 0.717) is 6.54 Å².